The molecule has 94 valence electrons. The second kappa shape index (κ2) is 7.60. The SMILES string of the molecule is CC(=O)CCc1cc(F)cc(OCCNI)c1. The Bertz CT molecular complexity index is 385. The first-order chi connectivity index (χ1) is 8.11. The van der Waals surface area contributed by atoms with Crippen molar-refractivity contribution in [3.63, 3.8) is 0 Å². The third-order valence-corrected chi connectivity index (χ3v) is 2.70. The van der Waals surface area contributed by atoms with Gasteiger partial charge < -0.3 is 9.53 Å². The molecule has 3 nitrogen and oxygen atoms in total. The van der Waals surface area contributed by atoms with E-state index in [1.165, 1.54) is 19.1 Å². The predicted octanol–water partition coefficient (Wildman–Crippen LogP) is 2.67. The van der Waals surface area contributed by atoms with Gasteiger partial charge >= 0.3 is 0 Å². The maximum Gasteiger partial charge on any atom is 0.130 e. The van der Waals surface area contributed by atoms with E-state index in [0.717, 1.165) is 5.56 Å². The summed E-state index contributed by atoms with van der Waals surface area (Å²) >= 11 is 2.02. The minimum Gasteiger partial charge on any atom is -0.492 e. The molecule has 1 aromatic carbocycles. The number of nitrogens with one attached hydrogen (secondary N) is 1. The number of carbonyl (C=O) groups excluding carboxylic acids is 1. The molecule has 0 radical (unpaired) electrons. The average molecular weight is 351 g/mol. The van der Waals surface area contributed by atoms with Gasteiger partial charge in [0.15, 0.2) is 0 Å². The lowest BCUT2D eigenvalue weighted by Gasteiger charge is -2.07. The quantitative estimate of drug-likeness (QED) is 0.466. The molecule has 0 aliphatic heterocycles. The summed E-state index contributed by atoms with van der Waals surface area (Å²) in [6.07, 6.45) is 0.978. The molecular formula is C12H15FINO2. The fourth-order valence-corrected chi connectivity index (χ4v) is 1.60. The van der Waals surface area contributed by atoms with Gasteiger partial charge in [-0.2, -0.15) is 0 Å². The minimum absolute atomic E-state index is 0.103. The van der Waals surface area contributed by atoms with Gasteiger partial charge in [0.2, 0.25) is 0 Å². The van der Waals surface area contributed by atoms with Crippen LogP contribution in [-0.2, 0) is 11.2 Å². The van der Waals surface area contributed by atoms with E-state index >= 15 is 0 Å². The number of hydrogen-bond donors (Lipinski definition) is 1. The number of aryl methyl sites for hydroxylation is 1. The molecule has 0 aliphatic rings. The van der Waals surface area contributed by atoms with Crippen LogP contribution in [0.5, 0.6) is 5.75 Å². The van der Waals surface area contributed by atoms with Crippen molar-refractivity contribution in [3.05, 3.63) is 29.6 Å². The number of ether oxygens (including phenoxy) is 1. The first-order valence-corrected chi connectivity index (χ1v) is 6.45. The van der Waals surface area contributed by atoms with Crippen LogP contribution in [0.3, 0.4) is 0 Å². The maximum atomic E-state index is 13.3. The zero-order chi connectivity index (χ0) is 12.7. The molecule has 0 fully saturated rings. The molecule has 0 spiro atoms. The van der Waals surface area contributed by atoms with Crippen molar-refractivity contribution in [2.24, 2.45) is 0 Å². The first-order valence-electron chi connectivity index (χ1n) is 5.37. The van der Waals surface area contributed by atoms with E-state index in [-0.39, 0.29) is 11.6 Å². The van der Waals surface area contributed by atoms with Crippen molar-refractivity contribution in [2.75, 3.05) is 13.2 Å². The lowest BCUT2D eigenvalue weighted by atomic mass is 10.1. The molecule has 0 amide bonds. The summed E-state index contributed by atoms with van der Waals surface area (Å²) in [6.45, 7) is 2.71. The molecule has 1 rings (SSSR count). The number of Topliss-reactive ketones (excluding diaryl/α,β-unsaturated/α-hetero) is 1. The van der Waals surface area contributed by atoms with E-state index in [2.05, 4.69) is 3.53 Å². The summed E-state index contributed by atoms with van der Waals surface area (Å²) in [5.74, 6) is 0.282. The topological polar surface area (TPSA) is 38.3 Å². The third kappa shape index (κ3) is 5.97. The standard InChI is InChI=1S/C12H15FINO2/c1-9(16)2-3-10-6-11(13)8-12(7-10)17-5-4-15-14/h6-8,15H,2-5H2,1H3. The van der Waals surface area contributed by atoms with Crippen LogP contribution in [0.2, 0.25) is 0 Å². The van der Waals surface area contributed by atoms with Crippen molar-refractivity contribution in [3.8, 4) is 5.75 Å². The monoisotopic (exact) mass is 351 g/mol. The molecule has 5 heteroatoms. The smallest absolute Gasteiger partial charge is 0.130 e. The Morgan fingerprint density at radius 3 is 2.88 bits per heavy atom. The molecule has 1 aromatic rings. The van der Waals surface area contributed by atoms with Crippen LogP contribution >= 0.6 is 22.9 Å². The van der Waals surface area contributed by atoms with E-state index in [1.54, 1.807) is 6.07 Å². The van der Waals surface area contributed by atoms with E-state index in [1.807, 2.05) is 22.9 Å². The van der Waals surface area contributed by atoms with Gasteiger partial charge in [0.25, 0.3) is 0 Å². The Labute approximate surface area is 114 Å². The Kier molecular flexibility index (Phi) is 6.43. The molecule has 0 aromatic heterocycles. The first kappa shape index (κ1) is 14.4. The van der Waals surface area contributed by atoms with Crippen molar-refractivity contribution < 1.29 is 13.9 Å². The van der Waals surface area contributed by atoms with E-state index in [0.29, 0.717) is 31.7 Å². The largest absolute Gasteiger partial charge is 0.492 e. The summed E-state index contributed by atoms with van der Waals surface area (Å²) in [5.41, 5.74) is 0.789. The second-order valence-electron chi connectivity index (χ2n) is 3.73. The van der Waals surface area contributed by atoms with Crippen molar-refractivity contribution in [2.45, 2.75) is 19.8 Å². The number of halogens is 2. The molecule has 0 heterocycles. The molecule has 0 saturated heterocycles. The van der Waals surface area contributed by atoms with Crippen LogP contribution < -0.4 is 8.27 Å². The lowest BCUT2D eigenvalue weighted by Crippen LogP contribution is -2.11. The predicted molar refractivity (Wildman–Crippen MR) is 72.9 cm³/mol. The third-order valence-electron chi connectivity index (χ3n) is 2.16. The molecule has 1 N–H and O–H groups in total. The van der Waals surface area contributed by atoms with Crippen LogP contribution in [-0.4, -0.2) is 18.9 Å². The molecule has 0 atom stereocenters. The number of rotatable bonds is 7. The van der Waals surface area contributed by atoms with Crippen LogP contribution in [0.25, 0.3) is 0 Å². The number of carbonyl (C=O) groups is 1. The van der Waals surface area contributed by atoms with Crippen LogP contribution in [0, 0.1) is 5.82 Å². The highest BCUT2D eigenvalue weighted by molar-refractivity contribution is 14.1. The second-order valence-corrected chi connectivity index (χ2v) is 4.49. The molecular weight excluding hydrogens is 336 g/mol. The molecule has 0 aliphatic carbocycles. The van der Waals surface area contributed by atoms with Crippen molar-refractivity contribution >= 4 is 28.6 Å². The Morgan fingerprint density at radius 2 is 2.24 bits per heavy atom. The van der Waals surface area contributed by atoms with Gasteiger partial charge in [0.05, 0.1) is 0 Å². The Morgan fingerprint density at radius 1 is 1.47 bits per heavy atom. The van der Waals surface area contributed by atoms with Crippen molar-refractivity contribution in [1.29, 1.82) is 0 Å². The Balaban J connectivity index is 2.62. The van der Waals surface area contributed by atoms with Crippen LogP contribution in [0.15, 0.2) is 18.2 Å². The summed E-state index contributed by atoms with van der Waals surface area (Å²) in [7, 11) is 0. The zero-order valence-electron chi connectivity index (χ0n) is 9.63. The van der Waals surface area contributed by atoms with E-state index in [9.17, 15) is 9.18 Å². The van der Waals surface area contributed by atoms with Gasteiger partial charge in [-0.1, -0.05) is 0 Å². The van der Waals surface area contributed by atoms with Gasteiger partial charge in [0.1, 0.15) is 24.0 Å². The highest BCUT2D eigenvalue weighted by Gasteiger charge is 2.03. The normalized spacial score (nSPS) is 10.3. The molecule has 0 saturated carbocycles. The van der Waals surface area contributed by atoms with Gasteiger partial charge in [-0.05, 0) is 31.0 Å². The Hall–Kier alpha value is -0.690. The highest BCUT2D eigenvalue weighted by Crippen LogP contribution is 2.17. The molecule has 0 unspecified atom stereocenters. The molecule has 0 bridgehead atoms. The van der Waals surface area contributed by atoms with Gasteiger partial charge in [0, 0.05) is 41.9 Å². The number of benzene rings is 1. The van der Waals surface area contributed by atoms with Gasteiger partial charge in [-0.15, -0.1) is 0 Å². The minimum atomic E-state index is -0.330. The summed E-state index contributed by atoms with van der Waals surface area (Å²) in [6, 6.07) is 4.57. The number of ketones is 1. The molecule has 17 heavy (non-hydrogen) atoms. The summed E-state index contributed by atoms with van der Waals surface area (Å²) in [4.78, 5) is 10.9. The fraction of sp³-hybridized carbons (Fsp3) is 0.417. The number of hydrogen-bond acceptors (Lipinski definition) is 3. The summed E-state index contributed by atoms with van der Waals surface area (Å²) < 4.78 is 21.6. The van der Waals surface area contributed by atoms with Crippen LogP contribution in [0.1, 0.15) is 18.9 Å². The van der Waals surface area contributed by atoms with Crippen LogP contribution in [0.4, 0.5) is 4.39 Å². The van der Waals surface area contributed by atoms with E-state index in [4.69, 9.17) is 4.74 Å². The fourth-order valence-electron chi connectivity index (χ4n) is 1.38. The van der Waals surface area contributed by atoms with Gasteiger partial charge in [-0.25, -0.2) is 4.39 Å². The van der Waals surface area contributed by atoms with E-state index < -0.39 is 0 Å². The van der Waals surface area contributed by atoms with Gasteiger partial charge in [-0.3, -0.25) is 3.53 Å². The highest BCUT2D eigenvalue weighted by atomic mass is 127. The summed E-state index contributed by atoms with van der Waals surface area (Å²) in [5, 5.41) is 0. The maximum absolute atomic E-state index is 13.3. The average Bonchev–Trinajstić information content (AvgIpc) is 2.26. The van der Waals surface area contributed by atoms with Crippen molar-refractivity contribution in [1.82, 2.24) is 3.53 Å². The lowest BCUT2D eigenvalue weighted by molar-refractivity contribution is -0.116. The zero-order valence-corrected chi connectivity index (χ0v) is 11.8.